The molecule has 2 heterocycles. The fourth-order valence-corrected chi connectivity index (χ4v) is 2.14. The summed E-state index contributed by atoms with van der Waals surface area (Å²) < 4.78 is 0. The van der Waals surface area contributed by atoms with Crippen LogP contribution in [-0.2, 0) is 0 Å². The molecule has 1 aromatic rings. The van der Waals surface area contributed by atoms with Crippen LogP contribution in [0.2, 0.25) is 0 Å². The normalized spacial score (nSPS) is 16.3. The van der Waals surface area contributed by atoms with Crippen molar-refractivity contribution in [2.45, 2.75) is 6.10 Å². The monoisotopic (exact) mass is 335 g/mol. The van der Waals surface area contributed by atoms with Gasteiger partial charge in [0.2, 0.25) is 0 Å². The lowest BCUT2D eigenvalue weighted by Gasteiger charge is -2.36. The van der Waals surface area contributed by atoms with E-state index >= 15 is 0 Å². The van der Waals surface area contributed by atoms with Gasteiger partial charge in [0, 0.05) is 32.7 Å². The topological polar surface area (TPSA) is 96.5 Å². The van der Waals surface area contributed by atoms with Gasteiger partial charge in [-0.25, -0.2) is 0 Å². The minimum absolute atomic E-state index is 0. The van der Waals surface area contributed by atoms with Crippen molar-refractivity contribution < 1.29 is 10.2 Å². The molecule has 0 bridgehead atoms. The lowest BCUT2D eigenvalue weighted by molar-refractivity contribution is 0.0574. The highest BCUT2D eigenvalue weighted by Gasteiger charge is 2.21. The average Bonchev–Trinajstić information content (AvgIpc) is 2.48. The summed E-state index contributed by atoms with van der Waals surface area (Å²) in [7, 11) is 0. The van der Waals surface area contributed by atoms with Crippen LogP contribution in [0.15, 0.2) is 12.3 Å². The van der Waals surface area contributed by atoms with Gasteiger partial charge in [0.15, 0.2) is 5.82 Å². The van der Waals surface area contributed by atoms with Gasteiger partial charge in [-0.3, -0.25) is 4.90 Å². The van der Waals surface area contributed by atoms with E-state index in [1.807, 2.05) is 4.90 Å². The summed E-state index contributed by atoms with van der Waals surface area (Å²) in [5, 5.41) is 35.1. The standard InChI is InChI=1S/C12H17N5O2.2ClH/c13-7-10-1-2-14-15-12(10)17-5-3-16(4-6-17)8-11(19)9-18;;/h1-2,11,18-19H,3-6,8-9H2;2*1H. The van der Waals surface area contributed by atoms with E-state index in [0.29, 0.717) is 17.9 Å². The highest BCUT2D eigenvalue weighted by Crippen LogP contribution is 2.17. The molecular weight excluding hydrogens is 317 g/mol. The van der Waals surface area contributed by atoms with Crippen molar-refractivity contribution in [3.05, 3.63) is 17.8 Å². The molecule has 0 saturated carbocycles. The third-order valence-corrected chi connectivity index (χ3v) is 3.17. The third-order valence-electron chi connectivity index (χ3n) is 3.17. The Balaban J connectivity index is 0.00000200. The molecule has 1 saturated heterocycles. The third kappa shape index (κ3) is 5.26. The van der Waals surface area contributed by atoms with E-state index in [2.05, 4.69) is 21.2 Å². The minimum Gasteiger partial charge on any atom is -0.394 e. The van der Waals surface area contributed by atoms with Gasteiger partial charge in [-0.15, -0.1) is 29.9 Å². The summed E-state index contributed by atoms with van der Waals surface area (Å²) in [5.74, 6) is 0.618. The number of piperazine rings is 1. The largest absolute Gasteiger partial charge is 0.394 e. The number of rotatable bonds is 4. The summed E-state index contributed by atoms with van der Waals surface area (Å²) in [5.41, 5.74) is 0.527. The first kappa shape index (κ1) is 19.8. The maximum absolute atomic E-state index is 9.40. The van der Waals surface area contributed by atoms with Crippen LogP contribution < -0.4 is 4.90 Å². The van der Waals surface area contributed by atoms with Crippen LogP contribution in [0.1, 0.15) is 5.56 Å². The number of anilines is 1. The van der Waals surface area contributed by atoms with Crippen molar-refractivity contribution in [3.63, 3.8) is 0 Å². The molecule has 1 aromatic heterocycles. The summed E-state index contributed by atoms with van der Waals surface area (Å²) in [6.45, 7) is 3.23. The molecule has 1 atom stereocenters. The molecule has 1 aliphatic rings. The van der Waals surface area contributed by atoms with E-state index < -0.39 is 6.10 Å². The van der Waals surface area contributed by atoms with Crippen molar-refractivity contribution >= 4 is 30.6 Å². The lowest BCUT2D eigenvalue weighted by atomic mass is 10.2. The van der Waals surface area contributed by atoms with E-state index in [0.717, 1.165) is 26.2 Å². The van der Waals surface area contributed by atoms with Crippen molar-refractivity contribution in [3.8, 4) is 6.07 Å². The Kier molecular flexibility index (Phi) is 9.17. The van der Waals surface area contributed by atoms with Crippen molar-refractivity contribution in [2.75, 3.05) is 44.2 Å². The van der Waals surface area contributed by atoms with Gasteiger partial charge >= 0.3 is 0 Å². The molecule has 0 amide bonds. The van der Waals surface area contributed by atoms with Crippen molar-refractivity contribution in [1.29, 1.82) is 5.26 Å². The van der Waals surface area contributed by atoms with Crippen molar-refractivity contribution in [1.82, 2.24) is 15.1 Å². The van der Waals surface area contributed by atoms with Crippen LogP contribution in [0.3, 0.4) is 0 Å². The number of aromatic nitrogens is 2. The second-order valence-corrected chi connectivity index (χ2v) is 4.50. The van der Waals surface area contributed by atoms with Crippen LogP contribution in [0.25, 0.3) is 0 Å². The van der Waals surface area contributed by atoms with E-state index in [1.54, 1.807) is 6.07 Å². The van der Waals surface area contributed by atoms with Crippen LogP contribution >= 0.6 is 24.8 Å². The second-order valence-electron chi connectivity index (χ2n) is 4.50. The Labute approximate surface area is 136 Å². The minimum atomic E-state index is -0.697. The second kappa shape index (κ2) is 9.71. The van der Waals surface area contributed by atoms with Gasteiger partial charge in [-0.1, -0.05) is 0 Å². The molecule has 0 spiro atoms. The Hall–Kier alpha value is -1.17. The zero-order chi connectivity index (χ0) is 13.7. The number of hydrogen-bond donors (Lipinski definition) is 2. The van der Waals surface area contributed by atoms with Crippen molar-refractivity contribution in [2.24, 2.45) is 0 Å². The number of nitriles is 1. The molecular formula is C12H19Cl2N5O2. The van der Waals surface area contributed by atoms with E-state index in [9.17, 15) is 5.11 Å². The molecule has 0 aliphatic carbocycles. The molecule has 2 N–H and O–H groups in total. The maximum Gasteiger partial charge on any atom is 0.169 e. The number of nitrogens with zero attached hydrogens (tertiary/aromatic N) is 5. The zero-order valence-corrected chi connectivity index (χ0v) is 13.1. The number of aliphatic hydroxyl groups is 2. The lowest BCUT2D eigenvalue weighted by Crippen LogP contribution is -2.49. The average molecular weight is 336 g/mol. The Morgan fingerprint density at radius 1 is 1.29 bits per heavy atom. The van der Waals surface area contributed by atoms with E-state index in [-0.39, 0.29) is 31.4 Å². The highest BCUT2D eigenvalue weighted by molar-refractivity contribution is 5.85. The molecule has 1 aliphatic heterocycles. The molecule has 0 aromatic carbocycles. The zero-order valence-electron chi connectivity index (χ0n) is 11.4. The predicted octanol–water partition coefficient (Wildman–Crippen LogP) is -0.333. The fourth-order valence-electron chi connectivity index (χ4n) is 2.14. The molecule has 2 rings (SSSR count). The van der Waals surface area contributed by atoms with Gasteiger partial charge in [-0.2, -0.15) is 10.4 Å². The summed E-state index contributed by atoms with van der Waals surface area (Å²) in [6.07, 6.45) is 0.813. The molecule has 21 heavy (non-hydrogen) atoms. The maximum atomic E-state index is 9.40. The SMILES string of the molecule is Cl.Cl.N#Cc1ccnnc1N1CCN(CC(O)CO)CC1. The molecule has 118 valence electrons. The number of β-amino-alcohol motifs (C(OH)–C–C–N with tert-alkyl or cyclic N) is 1. The van der Waals surface area contributed by atoms with Gasteiger partial charge < -0.3 is 15.1 Å². The Morgan fingerprint density at radius 2 is 1.95 bits per heavy atom. The molecule has 9 heteroatoms. The van der Waals surface area contributed by atoms with Crippen LogP contribution in [-0.4, -0.2) is 70.7 Å². The summed E-state index contributed by atoms with van der Waals surface area (Å²) in [6, 6.07) is 3.77. The summed E-state index contributed by atoms with van der Waals surface area (Å²) >= 11 is 0. The van der Waals surface area contributed by atoms with Crippen LogP contribution in [0, 0.1) is 11.3 Å². The first-order chi connectivity index (χ1) is 9.24. The number of aliphatic hydroxyl groups excluding tert-OH is 2. The first-order valence-electron chi connectivity index (χ1n) is 6.22. The van der Waals surface area contributed by atoms with Gasteiger partial charge in [0.05, 0.1) is 24.5 Å². The molecule has 7 nitrogen and oxygen atoms in total. The van der Waals surface area contributed by atoms with Crippen LogP contribution in [0.5, 0.6) is 0 Å². The number of halogens is 2. The predicted molar refractivity (Wildman–Crippen MR) is 83.0 cm³/mol. The first-order valence-corrected chi connectivity index (χ1v) is 6.22. The molecule has 1 unspecified atom stereocenters. The Bertz CT molecular complexity index is 463. The smallest absolute Gasteiger partial charge is 0.169 e. The van der Waals surface area contributed by atoms with E-state index in [1.165, 1.54) is 6.20 Å². The Morgan fingerprint density at radius 3 is 2.52 bits per heavy atom. The highest BCUT2D eigenvalue weighted by atomic mass is 35.5. The van der Waals surface area contributed by atoms with Gasteiger partial charge in [-0.05, 0) is 6.07 Å². The van der Waals surface area contributed by atoms with Gasteiger partial charge in [0.25, 0.3) is 0 Å². The fraction of sp³-hybridized carbons (Fsp3) is 0.583. The quantitative estimate of drug-likeness (QED) is 0.777. The van der Waals surface area contributed by atoms with E-state index in [4.69, 9.17) is 10.4 Å². The molecule has 1 fully saturated rings. The van der Waals surface area contributed by atoms with Gasteiger partial charge in [0.1, 0.15) is 6.07 Å². The molecule has 0 radical (unpaired) electrons. The number of hydrogen-bond acceptors (Lipinski definition) is 7. The summed E-state index contributed by atoms with van der Waals surface area (Å²) in [4.78, 5) is 4.10. The van der Waals surface area contributed by atoms with Crippen LogP contribution in [0.4, 0.5) is 5.82 Å².